The minimum Gasteiger partial charge on any atom is -0.384 e. The van der Waals surface area contributed by atoms with Gasteiger partial charge < -0.3 is 14.6 Å². The van der Waals surface area contributed by atoms with E-state index >= 15 is 0 Å². The highest BCUT2D eigenvalue weighted by Gasteiger charge is 2.25. The number of nitrogens with one attached hydrogen (secondary N) is 2. The Kier molecular flexibility index (Phi) is 6.24. The fourth-order valence-corrected chi connectivity index (χ4v) is 4.39. The molecule has 2 aromatic rings. The first-order valence-corrected chi connectivity index (χ1v) is 12.3. The molecule has 0 aliphatic carbocycles. The van der Waals surface area contributed by atoms with Crippen LogP contribution >= 0.6 is 0 Å². The highest BCUT2D eigenvalue weighted by molar-refractivity contribution is 7.92. The van der Waals surface area contributed by atoms with E-state index in [1.165, 1.54) is 6.20 Å². The van der Waals surface area contributed by atoms with E-state index in [-0.39, 0.29) is 0 Å². The average Bonchev–Trinajstić information content (AvgIpc) is 3.22. The van der Waals surface area contributed by atoms with Crippen LogP contribution in [0.3, 0.4) is 0 Å². The third-order valence-electron chi connectivity index (χ3n) is 5.36. The number of benzene rings is 2. The summed E-state index contributed by atoms with van der Waals surface area (Å²) in [5.74, 6) is -0.172. The number of hydrogen-bond donors (Lipinski definition) is 2. The second kappa shape index (κ2) is 9.09. The molecular weight excluding hydrogens is 432 g/mol. The largest absolute Gasteiger partial charge is 0.384 e. The fraction of sp³-hybridized carbons (Fsp3) is 0.318. The Morgan fingerprint density at radius 2 is 1.97 bits per heavy atom. The minimum atomic E-state index is -3.49. The highest BCUT2D eigenvalue weighted by atomic mass is 32.2. The van der Waals surface area contributed by atoms with E-state index in [1.807, 2.05) is 18.2 Å². The van der Waals surface area contributed by atoms with Gasteiger partial charge in [0.15, 0.2) is 5.76 Å². The number of hydrazine groups is 1. The number of anilines is 2. The number of piperidine rings is 1. The van der Waals surface area contributed by atoms with Crippen LogP contribution in [0.15, 0.2) is 54.7 Å². The predicted molar refractivity (Wildman–Crippen MR) is 121 cm³/mol. The number of rotatable bonds is 6. The van der Waals surface area contributed by atoms with Crippen molar-refractivity contribution in [2.75, 3.05) is 22.4 Å². The van der Waals surface area contributed by atoms with Gasteiger partial charge in [-0.25, -0.2) is 13.2 Å². The van der Waals surface area contributed by atoms with Crippen molar-refractivity contribution in [3.05, 3.63) is 65.9 Å². The van der Waals surface area contributed by atoms with Crippen molar-refractivity contribution < 1.29 is 22.9 Å². The van der Waals surface area contributed by atoms with Gasteiger partial charge in [-0.2, -0.15) is 0 Å². The topological polar surface area (TPSA) is 100 Å². The van der Waals surface area contributed by atoms with Gasteiger partial charge in [0.05, 0.1) is 23.2 Å². The Labute approximate surface area is 187 Å². The molecule has 4 rings (SSSR count). The van der Waals surface area contributed by atoms with Crippen LogP contribution in [-0.4, -0.2) is 38.4 Å². The first-order chi connectivity index (χ1) is 15.3. The number of sulfonamides is 1. The van der Waals surface area contributed by atoms with Crippen molar-refractivity contribution in [3.63, 3.8) is 0 Å². The van der Waals surface area contributed by atoms with Crippen molar-refractivity contribution in [3.8, 4) is 0 Å². The van der Waals surface area contributed by atoms with Gasteiger partial charge in [0.2, 0.25) is 10.0 Å². The van der Waals surface area contributed by atoms with Crippen LogP contribution in [0.2, 0.25) is 0 Å². The molecule has 2 aliphatic rings. The Hall–Kier alpha value is -3.24. The molecule has 32 heavy (non-hydrogen) atoms. The minimum absolute atomic E-state index is 0.311. The molecule has 0 amide bonds. The van der Waals surface area contributed by atoms with Crippen LogP contribution in [0.25, 0.3) is 5.76 Å². The summed E-state index contributed by atoms with van der Waals surface area (Å²) in [6.45, 7) is 3.01. The smallest absolute Gasteiger partial charge is 0.365 e. The lowest BCUT2D eigenvalue weighted by molar-refractivity contribution is -0.160. The third kappa shape index (κ3) is 5.14. The van der Waals surface area contributed by atoms with E-state index in [9.17, 15) is 13.2 Å². The predicted octanol–water partition coefficient (Wildman–Crippen LogP) is 3.26. The van der Waals surface area contributed by atoms with Crippen molar-refractivity contribution in [2.45, 2.75) is 32.2 Å². The van der Waals surface area contributed by atoms with Gasteiger partial charge in [0.1, 0.15) is 6.20 Å². The molecule has 0 spiro atoms. The lowest BCUT2D eigenvalue weighted by atomic mass is 10.0. The molecule has 0 aromatic heterocycles. The van der Waals surface area contributed by atoms with Crippen molar-refractivity contribution in [1.29, 1.82) is 0 Å². The van der Waals surface area contributed by atoms with Crippen LogP contribution in [0.4, 0.5) is 11.4 Å². The normalized spacial score (nSPS) is 18.7. The number of carbonyl (C=O) groups excluding carboxylic acids is 1. The van der Waals surface area contributed by atoms with Gasteiger partial charge >= 0.3 is 5.97 Å². The Morgan fingerprint density at radius 1 is 1.19 bits per heavy atom. The highest BCUT2D eigenvalue weighted by Crippen LogP contribution is 2.35. The summed E-state index contributed by atoms with van der Waals surface area (Å²) in [4.78, 5) is 25.2. The van der Waals surface area contributed by atoms with Crippen LogP contribution in [-0.2, 0) is 19.7 Å². The zero-order valence-corrected chi connectivity index (χ0v) is 18.8. The van der Waals surface area contributed by atoms with E-state index in [0.29, 0.717) is 28.6 Å². The van der Waals surface area contributed by atoms with Crippen LogP contribution in [0, 0.1) is 0 Å². The van der Waals surface area contributed by atoms with E-state index < -0.39 is 16.0 Å². The summed E-state index contributed by atoms with van der Waals surface area (Å²) >= 11 is 0. The van der Waals surface area contributed by atoms with Gasteiger partial charge in [-0.3, -0.25) is 4.72 Å². The molecule has 2 aromatic carbocycles. The molecule has 9 nitrogen and oxygen atoms in total. The van der Waals surface area contributed by atoms with Gasteiger partial charge in [0, 0.05) is 18.2 Å². The molecule has 170 valence electrons. The van der Waals surface area contributed by atoms with Crippen molar-refractivity contribution in [1.82, 2.24) is 10.8 Å². The maximum absolute atomic E-state index is 12.2. The summed E-state index contributed by atoms with van der Waals surface area (Å²) in [7, 11) is -3.49. The molecule has 0 bridgehead atoms. The third-order valence-corrected chi connectivity index (χ3v) is 5.95. The van der Waals surface area contributed by atoms with Crippen LogP contribution < -0.4 is 15.2 Å². The van der Waals surface area contributed by atoms with Gasteiger partial charge in [0.25, 0.3) is 0 Å². The first-order valence-electron chi connectivity index (χ1n) is 10.4. The Morgan fingerprint density at radius 3 is 2.69 bits per heavy atom. The Bertz CT molecular complexity index is 1120. The number of nitrogens with zero attached hydrogens (tertiary/aromatic N) is 2. The molecule has 2 heterocycles. The standard InChI is InChI=1S/C22H26N4O5S/c1-16-8-6-7-13-25(16)20-12-11-18(14-19(20)23-32(2,28)29)21-15-26(24-30-21)31-22(27)17-9-4-3-5-10-17/h3-5,9-12,14-16,23-24H,6-8,13H2,1-2H3. The lowest BCUT2D eigenvalue weighted by Crippen LogP contribution is -2.38. The second-order valence-electron chi connectivity index (χ2n) is 7.90. The molecular formula is C22H26N4O5S. The molecule has 2 N–H and O–H groups in total. The number of hydrogen-bond acceptors (Lipinski definition) is 8. The zero-order valence-electron chi connectivity index (χ0n) is 17.9. The van der Waals surface area contributed by atoms with E-state index in [0.717, 1.165) is 42.9 Å². The zero-order chi connectivity index (χ0) is 22.7. The maximum Gasteiger partial charge on any atom is 0.365 e. The summed E-state index contributed by atoms with van der Waals surface area (Å²) in [5, 5.41) is 1.06. The lowest BCUT2D eigenvalue weighted by Gasteiger charge is -2.36. The molecule has 2 aliphatic heterocycles. The second-order valence-corrected chi connectivity index (χ2v) is 9.65. The summed E-state index contributed by atoms with van der Waals surface area (Å²) in [6.07, 6.45) is 5.88. The molecule has 0 saturated carbocycles. The molecule has 1 saturated heterocycles. The number of hydroxylamine groups is 1. The number of carbonyl (C=O) groups is 1. The SMILES string of the molecule is CC1CCCCN1c1ccc(C2=CN(OC(=O)c3ccccc3)NO2)cc1NS(C)(=O)=O. The summed E-state index contributed by atoms with van der Waals surface area (Å²) in [6, 6.07) is 14.3. The van der Waals surface area contributed by atoms with E-state index in [2.05, 4.69) is 22.1 Å². The molecule has 1 atom stereocenters. The molecule has 1 fully saturated rings. The maximum atomic E-state index is 12.2. The molecule has 1 unspecified atom stereocenters. The summed E-state index contributed by atoms with van der Waals surface area (Å²) in [5.41, 5.74) is 4.83. The summed E-state index contributed by atoms with van der Waals surface area (Å²) < 4.78 is 26.6. The first kappa shape index (κ1) is 22.0. The van der Waals surface area contributed by atoms with Crippen LogP contribution in [0.5, 0.6) is 0 Å². The Balaban J connectivity index is 1.57. The van der Waals surface area contributed by atoms with E-state index in [1.54, 1.807) is 30.3 Å². The van der Waals surface area contributed by atoms with E-state index in [4.69, 9.17) is 9.68 Å². The van der Waals surface area contributed by atoms with Gasteiger partial charge in [-0.1, -0.05) is 18.2 Å². The van der Waals surface area contributed by atoms with Crippen LogP contribution in [0.1, 0.15) is 42.1 Å². The monoisotopic (exact) mass is 458 g/mol. The van der Waals surface area contributed by atoms with Crippen molar-refractivity contribution >= 4 is 33.1 Å². The average molecular weight is 459 g/mol. The van der Waals surface area contributed by atoms with Crippen molar-refractivity contribution in [2.24, 2.45) is 0 Å². The molecule has 10 heteroatoms. The van der Waals surface area contributed by atoms with Gasteiger partial charge in [-0.05, 0) is 62.1 Å². The fourth-order valence-electron chi connectivity index (χ4n) is 3.83. The quantitative estimate of drug-likeness (QED) is 0.681. The van der Waals surface area contributed by atoms with Gasteiger partial charge in [-0.15, -0.1) is 5.17 Å². The molecule has 0 radical (unpaired) electrons.